The average Bonchev–Trinajstić information content (AvgIpc) is 2.87. The van der Waals surface area contributed by atoms with Crippen molar-refractivity contribution in [3.05, 3.63) is 33.6 Å². The molecule has 2 rings (SSSR count). The second kappa shape index (κ2) is 6.31. The van der Waals surface area contributed by atoms with Crippen molar-refractivity contribution in [1.82, 2.24) is 0 Å². The molecule has 0 radical (unpaired) electrons. The molecule has 9 heteroatoms. The first-order valence-electron chi connectivity index (χ1n) is 5.57. The lowest BCUT2D eigenvalue weighted by molar-refractivity contribution is 0.405. The van der Waals surface area contributed by atoms with Gasteiger partial charge in [-0.05, 0) is 12.1 Å². The predicted octanol–water partition coefficient (Wildman–Crippen LogP) is 3.87. The SMILES string of the molecule is COc1cc(NS(=O)(=O)c2ccc(Cl)s2)c(OC)cc1Cl. The zero-order chi connectivity index (χ0) is 15.6. The van der Waals surface area contributed by atoms with Crippen LogP contribution in [0.5, 0.6) is 11.5 Å². The number of nitrogens with one attached hydrogen (secondary N) is 1. The maximum absolute atomic E-state index is 12.3. The van der Waals surface area contributed by atoms with Gasteiger partial charge in [0, 0.05) is 12.1 Å². The number of anilines is 1. The highest BCUT2D eigenvalue weighted by Gasteiger charge is 2.20. The fourth-order valence-corrected chi connectivity index (χ4v) is 4.35. The summed E-state index contributed by atoms with van der Waals surface area (Å²) >= 11 is 12.7. The van der Waals surface area contributed by atoms with Crippen molar-refractivity contribution in [2.45, 2.75) is 4.21 Å². The molecular weight excluding hydrogens is 357 g/mol. The molecule has 0 amide bonds. The molecule has 0 aliphatic rings. The Hall–Kier alpha value is -1.15. The van der Waals surface area contributed by atoms with Crippen molar-refractivity contribution in [1.29, 1.82) is 0 Å². The average molecular weight is 368 g/mol. The smallest absolute Gasteiger partial charge is 0.271 e. The van der Waals surface area contributed by atoms with E-state index < -0.39 is 10.0 Å². The number of benzene rings is 1. The Labute approximate surface area is 136 Å². The quantitative estimate of drug-likeness (QED) is 0.870. The van der Waals surface area contributed by atoms with Gasteiger partial charge in [-0.25, -0.2) is 8.42 Å². The molecule has 0 unspecified atom stereocenters. The lowest BCUT2D eigenvalue weighted by Gasteiger charge is -2.13. The molecule has 21 heavy (non-hydrogen) atoms. The van der Waals surface area contributed by atoms with Crippen molar-refractivity contribution in [2.75, 3.05) is 18.9 Å². The van der Waals surface area contributed by atoms with Crippen molar-refractivity contribution in [3.63, 3.8) is 0 Å². The summed E-state index contributed by atoms with van der Waals surface area (Å²) in [4.78, 5) is 0. The minimum absolute atomic E-state index is 0.100. The highest BCUT2D eigenvalue weighted by molar-refractivity contribution is 7.94. The minimum atomic E-state index is -3.76. The monoisotopic (exact) mass is 367 g/mol. The molecule has 0 aliphatic carbocycles. The van der Waals surface area contributed by atoms with Crippen molar-refractivity contribution in [2.24, 2.45) is 0 Å². The highest BCUT2D eigenvalue weighted by Crippen LogP contribution is 2.37. The van der Waals surface area contributed by atoms with E-state index in [-0.39, 0.29) is 15.6 Å². The summed E-state index contributed by atoms with van der Waals surface area (Å²) in [6.45, 7) is 0. The molecule has 1 heterocycles. The van der Waals surface area contributed by atoms with E-state index in [1.54, 1.807) is 0 Å². The van der Waals surface area contributed by atoms with Crippen LogP contribution >= 0.6 is 34.5 Å². The number of hydrogen-bond donors (Lipinski definition) is 1. The van der Waals surface area contributed by atoms with Crippen molar-refractivity contribution >= 4 is 50.2 Å². The van der Waals surface area contributed by atoms with Crippen LogP contribution in [0.3, 0.4) is 0 Å². The molecule has 0 spiro atoms. The van der Waals surface area contributed by atoms with Crippen LogP contribution in [-0.2, 0) is 10.0 Å². The topological polar surface area (TPSA) is 64.6 Å². The van der Waals surface area contributed by atoms with Gasteiger partial charge in [-0.2, -0.15) is 0 Å². The fraction of sp³-hybridized carbons (Fsp3) is 0.167. The van der Waals surface area contributed by atoms with Gasteiger partial charge in [-0.3, -0.25) is 4.72 Å². The van der Waals surface area contributed by atoms with E-state index in [0.29, 0.717) is 15.1 Å². The molecule has 0 saturated heterocycles. The van der Waals surface area contributed by atoms with Gasteiger partial charge in [0.2, 0.25) is 0 Å². The number of hydrogen-bond acceptors (Lipinski definition) is 5. The summed E-state index contributed by atoms with van der Waals surface area (Å²) in [5, 5.41) is 0.316. The molecule has 2 aromatic rings. The first kappa shape index (κ1) is 16.2. The maximum atomic E-state index is 12.3. The normalized spacial score (nSPS) is 11.2. The van der Waals surface area contributed by atoms with Gasteiger partial charge in [0.25, 0.3) is 10.0 Å². The van der Waals surface area contributed by atoms with Gasteiger partial charge in [0.15, 0.2) is 0 Å². The number of sulfonamides is 1. The van der Waals surface area contributed by atoms with Crippen LogP contribution in [0, 0.1) is 0 Å². The Morgan fingerprint density at radius 1 is 1.10 bits per heavy atom. The number of rotatable bonds is 5. The summed E-state index contributed by atoms with van der Waals surface area (Å²) in [6.07, 6.45) is 0. The summed E-state index contributed by atoms with van der Waals surface area (Å²) < 4.78 is 37.7. The van der Waals surface area contributed by atoms with Gasteiger partial charge >= 0.3 is 0 Å². The first-order chi connectivity index (χ1) is 9.87. The van der Waals surface area contributed by atoms with Crippen molar-refractivity contribution < 1.29 is 17.9 Å². The second-order valence-corrected chi connectivity index (χ2v) is 7.88. The molecule has 114 valence electrons. The number of thiophene rings is 1. The van der Waals surface area contributed by atoms with Crippen molar-refractivity contribution in [3.8, 4) is 11.5 Å². The molecule has 0 atom stereocenters. The predicted molar refractivity (Wildman–Crippen MR) is 84.7 cm³/mol. The lowest BCUT2D eigenvalue weighted by Crippen LogP contribution is -2.12. The highest BCUT2D eigenvalue weighted by atomic mass is 35.5. The third kappa shape index (κ3) is 3.55. The molecule has 0 bridgehead atoms. The summed E-state index contributed by atoms with van der Waals surface area (Å²) in [5.74, 6) is 0.617. The van der Waals surface area contributed by atoms with E-state index in [0.717, 1.165) is 11.3 Å². The molecule has 0 fully saturated rings. The van der Waals surface area contributed by atoms with Crippen LogP contribution in [0.4, 0.5) is 5.69 Å². The Bertz CT molecular complexity index is 759. The molecule has 0 aliphatic heterocycles. The van der Waals surface area contributed by atoms with Gasteiger partial charge in [-0.15, -0.1) is 11.3 Å². The lowest BCUT2D eigenvalue weighted by atomic mass is 10.3. The van der Waals surface area contributed by atoms with Gasteiger partial charge < -0.3 is 9.47 Å². The van der Waals surface area contributed by atoms with E-state index in [1.165, 1.54) is 38.5 Å². The summed E-state index contributed by atoms with van der Waals surface area (Å²) in [6, 6.07) is 5.86. The van der Waals surface area contributed by atoms with Crippen LogP contribution in [0.25, 0.3) is 0 Å². The number of halogens is 2. The Kier molecular flexibility index (Phi) is 4.88. The van der Waals surface area contributed by atoms with Crippen LogP contribution in [0.15, 0.2) is 28.5 Å². The minimum Gasteiger partial charge on any atom is -0.495 e. The largest absolute Gasteiger partial charge is 0.495 e. The van der Waals surface area contributed by atoms with E-state index in [2.05, 4.69) is 4.72 Å². The van der Waals surface area contributed by atoms with Gasteiger partial charge in [0.1, 0.15) is 15.7 Å². The third-order valence-electron chi connectivity index (χ3n) is 2.53. The third-order valence-corrected chi connectivity index (χ3v) is 5.92. The Balaban J connectivity index is 2.43. The standard InChI is InChI=1S/C12H11Cl2NO4S2/c1-18-9-6-8(10(19-2)5-7(9)13)15-21(16,17)12-4-3-11(14)20-12/h3-6,15H,1-2H3. The molecule has 5 nitrogen and oxygen atoms in total. The van der Waals surface area contributed by atoms with E-state index in [9.17, 15) is 8.42 Å². The van der Waals surface area contributed by atoms with E-state index in [4.69, 9.17) is 32.7 Å². The van der Waals surface area contributed by atoms with E-state index >= 15 is 0 Å². The molecular formula is C12H11Cl2NO4S2. The van der Waals surface area contributed by atoms with Crippen LogP contribution in [0.2, 0.25) is 9.36 Å². The van der Waals surface area contributed by atoms with Crippen LogP contribution < -0.4 is 14.2 Å². The number of ether oxygens (including phenoxy) is 2. The van der Waals surface area contributed by atoms with Gasteiger partial charge in [0.05, 0.1) is 29.3 Å². The van der Waals surface area contributed by atoms with Crippen LogP contribution in [0.1, 0.15) is 0 Å². The van der Waals surface area contributed by atoms with E-state index in [1.807, 2.05) is 0 Å². The zero-order valence-electron chi connectivity index (χ0n) is 11.0. The fourth-order valence-electron chi connectivity index (χ4n) is 1.58. The first-order valence-corrected chi connectivity index (χ1v) is 8.62. The zero-order valence-corrected chi connectivity index (χ0v) is 14.2. The number of methoxy groups -OCH3 is 2. The Morgan fingerprint density at radius 2 is 1.76 bits per heavy atom. The summed E-state index contributed by atoms with van der Waals surface area (Å²) in [7, 11) is -0.907. The second-order valence-electron chi connectivity index (χ2n) is 3.85. The Morgan fingerprint density at radius 3 is 2.29 bits per heavy atom. The molecule has 1 aromatic carbocycles. The molecule has 1 N–H and O–H groups in total. The molecule has 0 saturated carbocycles. The summed E-state index contributed by atoms with van der Waals surface area (Å²) in [5.41, 5.74) is 0.225. The maximum Gasteiger partial charge on any atom is 0.271 e. The van der Waals surface area contributed by atoms with Crippen LogP contribution in [-0.4, -0.2) is 22.6 Å². The van der Waals surface area contributed by atoms with Gasteiger partial charge in [-0.1, -0.05) is 23.2 Å². The molecule has 1 aromatic heterocycles.